The van der Waals surface area contributed by atoms with Crippen LogP contribution >= 0.6 is 0 Å². The van der Waals surface area contributed by atoms with Crippen LogP contribution in [-0.2, 0) is 16.0 Å². The molecule has 0 spiro atoms. The molecule has 0 saturated carbocycles. The minimum atomic E-state index is -0.232. The van der Waals surface area contributed by atoms with Crippen molar-refractivity contribution < 1.29 is 14.3 Å². The second-order valence-electron chi connectivity index (χ2n) is 6.74. The van der Waals surface area contributed by atoms with Crippen molar-refractivity contribution in [2.45, 2.75) is 38.6 Å². The van der Waals surface area contributed by atoms with E-state index in [-0.39, 0.29) is 18.4 Å². The molecule has 1 aromatic carbocycles. The fourth-order valence-corrected chi connectivity index (χ4v) is 3.63. The standard InChI is InChI=1S/C19H27N3O3/c1-2-25-18(23)13-15-6-8-16(9-7-15)20-19(24)22-12-11-21-10-4-3-5-17(21)14-22/h6-9,17H,2-5,10-14H2,1H3,(H,20,24)/t17-/m1/s1. The number of ether oxygens (including phenoxy) is 1. The second kappa shape index (κ2) is 8.34. The number of urea groups is 1. The fraction of sp³-hybridized carbons (Fsp3) is 0.579. The number of hydrogen-bond donors (Lipinski definition) is 1. The molecule has 2 fully saturated rings. The van der Waals surface area contributed by atoms with Crippen molar-refractivity contribution in [1.82, 2.24) is 9.80 Å². The van der Waals surface area contributed by atoms with Crippen LogP contribution in [0.2, 0.25) is 0 Å². The van der Waals surface area contributed by atoms with Crippen LogP contribution in [0.25, 0.3) is 0 Å². The molecule has 2 aliphatic rings. The third-order valence-electron chi connectivity index (χ3n) is 4.98. The summed E-state index contributed by atoms with van der Waals surface area (Å²) in [5, 5.41) is 2.97. The first kappa shape index (κ1) is 17.7. The number of esters is 1. The number of anilines is 1. The second-order valence-corrected chi connectivity index (χ2v) is 6.74. The number of piperidine rings is 1. The van der Waals surface area contributed by atoms with Gasteiger partial charge in [0.15, 0.2) is 0 Å². The smallest absolute Gasteiger partial charge is 0.321 e. The zero-order valence-corrected chi connectivity index (χ0v) is 14.9. The number of carbonyl (C=O) groups excluding carboxylic acids is 2. The zero-order chi connectivity index (χ0) is 17.6. The number of nitrogens with zero attached hydrogens (tertiary/aromatic N) is 2. The zero-order valence-electron chi connectivity index (χ0n) is 14.9. The van der Waals surface area contributed by atoms with Crippen molar-refractivity contribution in [2.75, 3.05) is 38.1 Å². The number of piperazine rings is 1. The van der Waals surface area contributed by atoms with E-state index in [1.807, 2.05) is 29.2 Å². The van der Waals surface area contributed by atoms with E-state index in [4.69, 9.17) is 4.74 Å². The molecule has 1 N–H and O–H groups in total. The van der Waals surface area contributed by atoms with Crippen molar-refractivity contribution in [3.05, 3.63) is 29.8 Å². The number of benzene rings is 1. The molecule has 136 valence electrons. The Labute approximate surface area is 149 Å². The van der Waals surface area contributed by atoms with E-state index in [1.54, 1.807) is 6.92 Å². The molecule has 2 heterocycles. The topological polar surface area (TPSA) is 61.9 Å². The van der Waals surface area contributed by atoms with Gasteiger partial charge in [0, 0.05) is 31.4 Å². The Balaban J connectivity index is 1.51. The van der Waals surface area contributed by atoms with Gasteiger partial charge in [0.2, 0.25) is 0 Å². The highest BCUT2D eigenvalue weighted by Crippen LogP contribution is 2.21. The third-order valence-corrected chi connectivity index (χ3v) is 4.98. The van der Waals surface area contributed by atoms with Crippen molar-refractivity contribution in [3.63, 3.8) is 0 Å². The van der Waals surface area contributed by atoms with Crippen molar-refractivity contribution >= 4 is 17.7 Å². The molecular formula is C19H27N3O3. The predicted molar refractivity (Wildman–Crippen MR) is 96.6 cm³/mol. The lowest BCUT2D eigenvalue weighted by Crippen LogP contribution is -2.56. The average Bonchev–Trinajstić information content (AvgIpc) is 2.63. The number of rotatable bonds is 4. The summed E-state index contributed by atoms with van der Waals surface area (Å²) in [5.41, 5.74) is 1.64. The van der Waals surface area contributed by atoms with Gasteiger partial charge in [-0.25, -0.2) is 4.79 Å². The van der Waals surface area contributed by atoms with E-state index in [0.29, 0.717) is 12.6 Å². The fourth-order valence-electron chi connectivity index (χ4n) is 3.63. The Morgan fingerprint density at radius 1 is 1.16 bits per heavy atom. The number of carbonyl (C=O) groups is 2. The van der Waals surface area contributed by atoms with Crippen LogP contribution in [0.5, 0.6) is 0 Å². The van der Waals surface area contributed by atoms with Crippen LogP contribution in [-0.4, -0.2) is 60.6 Å². The van der Waals surface area contributed by atoms with E-state index in [9.17, 15) is 9.59 Å². The highest BCUT2D eigenvalue weighted by molar-refractivity contribution is 5.89. The Morgan fingerprint density at radius 3 is 2.72 bits per heavy atom. The highest BCUT2D eigenvalue weighted by atomic mass is 16.5. The average molecular weight is 345 g/mol. The van der Waals surface area contributed by atoms with Gasteiger partial charge in [0.1, 0.15) is 0 Å². The Morgan fingerprint density at radius 2 is 1.96 bits per heavy atom. The Kier molecular flexibility index (Phi) is 5.91. The van der Waals surface area contributed by atoms with E-state index < -0.39 is 0 Å². The van der Waals surface area contributed by atoms with Gasteiger partial charge in [-0.15, -0.1) is 0 Å². The van der Waals surface area contributed by atoms with Gasteiger partial charge in [-0.1, -0.05) is 18.6 Å². The lowest BCUT2D eigenvalue weighted by Gasteiger charge is -2.43. The van der Waals surface area contributed by atoms with Gasteiger partial charge in [0.25, 0.3) is 0 Å². The molecule has 2 saturated heterocycles. The first-order valence-electron chi connectivity index (χ1n) is 9.20. The summed E-state index contributed by atoms with van der Waals surface area (Å²) < 4.78 is 4.94. The first-order chi connectivity index (χ1) is 12.2. The van der Waals surface area contributed by atoms with Gasteiger partial charge in [0.05, 0.1) is 13.0 Å². The number of fused-ring (bicyclic) bond motifs is 1. The molecule has 0 unspecified atom stereocenters. The summed E-state index contributed by atoms with van der Waals surface area (Å²) in [7, 11) is 0. The third kappa shape index (κ3) is 4.72. The van der Waals surface area contributed by atoms with Gasteiger partial charge in [-0.05, 0) is 44.0 Å². The van der Waals surface area contributed by atoms with Crippen LogP contribution in [0.15, 0.2) is 24.3 Å². The number of amides is 2. The number of hydrogen-bond acceptors (Lipinski definition) is 4. The van der Waals surface area contributed by atoms with Gasteiger partial charge < -0.3 is 15.0 Å². The molecule has 3 rings (SSSR count). The van der Waals surface area contributed by atoms with E-state index in [0.717, 1.165) is 30.9 Å². The predicted octanol–water partition coefficient (Wildman–Crippen LogP) is 2.49. The van der Waals surface area contributed by atoms with Crippen LogP contribution in [0.4, 0.5) is 10.5 Å². The summed E-state index contributed by atoms with van der Waals surface area (Å²) >= 11 is 0. The summed E-state index contributed by atoms with van der Waals surface area (Å²) in [6.07, 6.45) is 3.98. The molecule has 1 atom stereocenters. The molecule has 0 aromatic heterocycles. The van der Waals surface area contributed by atoms with Crippen molar-refractivity contribution in [2.24, 2.45) is 0 Å². The lowest BCUT2D eigenvalue weighted by atomic mass is 10.00. The number of nitrogens with one attached hydrogen (secondary N) is 1. The van der Waals surface area contributed by atoms with E-state index >= 15 is 0 Å². The molecule has 1 aromatic rings. The maximum Gasteiger partial charge on any atom is 0.321 e. The van der Waals surface area contributed by atoms with Crippen LogP contribution in [0.1, 0.15) is 31.7 Å². The minimum absolute atomic E-state index is 0.0385. The van der Waals surface area contributed by atoms with E-state index in [2.05, 4.69) is 10.2 Å². The summed E-state index contributed by atoms with van der Waals surface area (Å²) in [6.45, 7) is 5.92. The maximum absolute atomic E-state index is 12.5. The molecule has 0 aliphatic carbocycles. The van der Waals surface area contributed by atoms with Crippen LogP contribution in [0.3, 0.4) is 0 Å². The molecule has 6 nitrogen and oxygen atoms in total. The largest absolute Gasteiger partial charge is 0.466 e. The molecule has 0 radical (unpaired) electrons. The van der Waals surface area contributed by atoms with Gasteiger partial charge >= 0.3 is 12.0 Å². The van der Waals surface area contributed by atoms with Gasteiger partial charge in [-0.3, -0.25) is 9.69 Å². The van der Waals surface area contributed by atoms with Crippen LogP contribution < -0.4 is 5.32 Å². The summed E-state index contributed by atoms with van der Waals surface area (Å²) in [5.74, 6) is -0.232. The summed E-state index contributed by atoms with van der Waals surface area (Å²) in [4.78, 5) is 28.4. The summed E-state index contributed by atoms with van der Waals surface area (Å²) in [6, 6.07) is 7.85. The van der Waals surface area contributed by atoms with Gasteiger partial charge in [-0.2, -0.15) is 0 Å². The Hall–Kier alpha value is -2.08. The maximum atomic E-state index is 12.5. The first-order valence-corrected chi connectivity index (χ1v) is 9.20. The SMILES string of the molecule is CCOC(=O)Cc1ccc(NC(=O)N2CCN3CCCC[C@@H]3C2)cc1. The van der Waals surface area contributed by atoms with Crippen LogP contribution in [0, 0.1) is 0 Å². The lowest BCUT2D eigenvalue weighted by molar-refractivity contribution is -0.142. The highest BCUT2D eigenvalue weighted by Gasteiger charge is 2.30. The van der Waals surface area contributed by atoms with Crippen molar-refractivity contribution in [3.8, 4) is 0 Å². The Bertz CT molecular complexity index is 602. The molecular weight excluding hydrogens is 318 g/mol. The molecule has 2 aliphatic heterocycles. The quantitative estimate of drug-likeness (QED) is 0.852. The molecule has 0 bridgehead atoms. The molecule has 6 heteroatoms. The monoisotopic (exact) mass is 345 g/mol. The molecule has 25 heavy (non-hydrogen) atoms. The molecule has 2 amide bonds. The minimum Gasteiger partial charge on any atom is -0.466 e. The normalized spacial score (nSPS) is 20.7. The van der Waals surface area contributed by atoms with Crippen molar-refractivity contribution in [1.29, 1.82) is 0 Å². The van der Waals surface area contributed by atoms with E-state index in [1.165, 1.54) is 25.8 Å².